The first kappa shape index (κ1) is 22.6. The third-order valence-electron chi connectivity index (χ3n) is 8.86. The fourth-order valence-electron chi connectivity index (χ4n) is 6.84. The van der Waals surface area contributed by atoms with E-state index in [-0.39, 0.29) is 5.41 Å². The number of hydrogen-bond donors (Lipinski definition) is 1. The largest absolute Gasteiger partial charge is 0.437 e. The third-order valence-corrected chi connectivity index (χ3v) is 8.86. The molecule has 0 bridgehead atoms. The second-order valence-electron chi connectivity index (χ2n) is 11.5. The van der Waals surface area contributed by atoms with Gasteiger partial charge in [0.1, 0.15) is 5.58 Å². The Hall–Kier alpha value is -5.22. The lowest BCUT2D eigenvalue weighted by Gasteiger charge is -2.21. The van der Waals surface area contributed by atoms with E-state index in [1.807, 2.05) is 6.07 Å². The van der Waals surface area contributed by atoms with Crippen LogP contribution in [0.4, 0.5) is 0 Å². The first-order valence-corrected chi connectivity index (χ1v) is 14.0. The van der Waals surface area contributed by atoms with E-state index in [1.54, 1.807) is 0 Å². The molecule has 0 fully saturated rings. The number of aromatic amines is 1. The summed E-state index contributed by atoms with van der Waals surface area (Å²) in [4.78, 5) is 13.9. The molecule has 1 aliphatic rings. The van der Waals surface area contributed by atoms with Crippen molar-refractivity contribution in [2.24, 2.45) is 0 Å². The van der Waals surface area contributed by atoms with E-state index in [2.05, 4.69) is 122 Å². The number of hydrogen-bond acceptors (Lipinski definition) is 3. The molecule has 194 valence electrons. The van der Waals surface area contributed by atoms with Crippen molar-refractivity contribution in [3.63, 3.8) is 0 Å². The highest BCUT2D eigenvalue weighted by Crippen LogP contribution is 2.49. The number of furan rings is 1. The van der Waals surface area contributed by atoms with E-state index in [1.165, 1.54) is 22.3 Å². The molecule has 4 nitrogen and oxygen atoms in total. The Morgan fingerprint density at radius 1 is 0.610 bits per heavy atom. The lowest BCUT2D eigenvalue weighted by atomic mass is 9.82. The summed E-state index contributed by atoms with van der Waals surface area (Å²) in [5, 5.41) is 4.18. The summed E-state index contributed by atoms with van der Waals surface area (Å²) < 4.78 is 6.67. The van der Waals surface area contributed by atoms with Crippen LogP contribution in [0.3, 0.4) is 0 Å². The molecule has 9 rings (SSSR count). The summed E-state index contributed by atoms with van der Waals surface area (Å²) in [6.45, 7) is 4.60. The Morgan fingerprint density at radius 3 is 2.29 bits per heavy atom. The molecule has 0 unspecified atom stereocenters. The lowest BCUT2D eigenvalue weighted by molar-refractivity contribution is 0.657. The number of nitrogens with one attached hydrogen (secondary N) is 1. The molecule has 1 aliphatic carbocycles. The molecule has 0 amide bonds. The number of nitrogens with zero attached hydrogens (tertiary/aromatic N) is 2. The summed E-state index contributed by atoms with van der Waals surface area (Å²) in [6, 6.07) is 38.3. The normalized spacial score (nSPS) is 13.8. The lowest BCUT2D eigenvalue weighted by Crippen LogP contribution is -2.15. The zero-order valence-electron chi connectivity index (χ0n) is 22.7. The van der Waals surface area contributed by atoms with Gasteiger partial charge >= 0.3 is 0 Å². The van der Waals surface area contributed by atoms with E-state index in [4.69, 9.17) is 14.4 Å². The van der Waals surface area contributed by atoms with Gasteiger partial charge in [0.2, 0.25) is 5.71 Å². The standard InChI is InChI=1S/C37H25N3O/c1-37(2)27-14-8-6-12-23(27)24-17-16-22(20-28(24)37)35-39-33(21-10-4-3-5-11-21)32-26-18-19-30-31(34(26)41-36(32)40-35)25-13-7-9-15-29(25)38-30/h3-20,38H,1-2H3. The summed E-state index contributed by atoms with van der Waals surface area (Å²) in [7, 11) is 0. The van der Waals surface area contributed by atoms with Crippen LogP contribution in [0.5, 0.6) is 0 Å². The quantitative estimate of drug-likeness (QED) is 0.243. The minimum absolute atomic E-state index is 0.103. The zero-order valence-corrected chi connectivity index (χ0v) is 22.7. The predicted octanol–water partition coefficient (Wildman–Crippen LogP) is 9.65. The van der Waals surface area contributed by atoms with Crippen molar-refractivity contribution in [3.05, 3.63) is 120 Å². The molecule has 0 spiro atoms. The Bertz CT molecular complexity index is 2340. The van der Waals surface area contributed by atoms with Crippen molar-refractivity contribution in [3.8, 4) is 33.8 Å². The molecule has 4 heteroatoms. The van der Waals surface area contributed by atoms with Crippen LogP contribution in [-0.2, 0) is 5.41 Å². The molecule has 0 radical (unpaired) electrons. The molecule has 41 heavy (non-hydrogen) atoms. The van der Waals surface area contributed by atoms with Crippen LogP contribution in [0.2, 0.25) is 0 Å². The van der Waals surface area contributed by atoms with E-state index >= 15 is 0 Å². The zero-order chi connectivity index (χ0) is 27.3. The highest BCUT2D eigenvalue weighted by Gasteiger charge is 2.35. The smallest absolute Gasteiger partial charge is 0.231 e. The van der Waals surface area contributed by atoms with Crippen molar-refractivity contribution < 1.29 is 4.42 Å². The molecule has 3 aromatic heterocycles. The maximum absolute atomic E-state index is 6.67. The fraction of sp³-hybridized carbons (Fsp3) is 0.0811. The molecule has 0 saturated heterocycles. The van der Waals surface area contributed by atoms with Crippen LogP contribution >= 0.6 is 0 Å². The van der Waals surface area contributed by atoms with Crippen LogP contribution in [0.25, 0.3) is 77.6 Å². The Balaban J connectivity index is 1.34. The van der Waals surface area contributed by atoms with Crippen molar-refractivity contribution in [1.29, 1.82) is 0 Å². The summed E-state index contributed by atoms with van der Waals surface area (Å²) in [5.41, 5.74) is 11.6. The third kappa shape index (κ3) is 3.05. The minimum atomic E-state index is -0.103. The van der Waals surface area contributed by atoms with Crippen molar-refractivity contribution in [2.75, 3.05) is 0 Å². The second-order valence-corrected chi connectivity index (χ2v) is 11.5. The van der Waals surface area contributed by atoms with E-state index in [0.717, 1.165) is 55.0 Å². The molecule has 0 aliphatic heterocycles. The SMILES string of the molecule is CC1(C)c2ccccc2-c2ccc(-c3nc(-c4ccccc4)c4c(n3)oc3c4ccc4[nH]c5ccccc5c43)cc21. The van der Waals surface area contributed by atoms with Gasteiger partial charge in [-0.2, -0.15) is 4.98 Å². The number of H-pyrrole nitrogens is 1. The Kier molecular flexibility index (Phi) is 4.36. The van der Waals surface area contributed by atoms with Crippen LogP contribution in [0.15, 0.2) is 114 Å². The molecular formula is C37H25N3O. The average molecular weight is 528 g/mol. The van der Waals surface area contributed by atoms with Crippen molar-refractivity contribution in [1.82, 2.24) is 15.0 Å². The van der Waals surface area contributed by atoms with Gasteiger partial charge in [0, 0.05) is 32.8 Å². The topological polar surface area (TPSA) is 54.7 Å². The number of fused-ring (bicyclic) bond motifs is 10. The number of rotatable bonds is 2. The van der Waals surface area contributed by atoms with Crippen molar-refractivity contribution in [2.45, 2.75) is 19.3 Å². The number of benzene rings is 5. The first-order chi connectivity index (χ1) is 20.1. The molecular weight excluding hydrogens is 502 g/mol. The summed E-state index contributed by atoms with van der Waals surface area (Å²) in [6.07, 6.45) is 0. The fourth-order valence-corrected chi connectivity index (χ4v) is 6.84. The monoisotopic (exact) mass is 527 g/mol. The highest BCUT2D eigenvalue weighted by molar-refractivity contribution is 6.24. The Morgan fingerprint density at radius 2 is 1.39 bits per heavy atom. The van der Waals surface area contributed by atoms with Gasteiger partial charge in [-0.05, 0) is 46.5 Å². The van der Waals surface area contributed by atoms with Gasteiger partial charge in [0.25, 0.3) is 0 Å². The molecule has 0 atom stereocenters. The predicted molar refractivity (Wildman–Crippen MR) is 167 cm³/mol. The van der Waals surface area contributed by atoms with Gasteiger partial charge in [-0.3, -0.25) is 0 Å². The van der Waals surface area contributed by atoms with Gasteiger partial charge in [0.05, 0.1) is 22.0 Å². The van der Waals surface area contributed by atoms with Crippen LogP contribution in [0.1, 0.15) is 25.0 Å². The maximum Gasteiger partial charge on any atom is 0.231 e. The van der Waals surface area contributed by atoms with Crippen LogP contribution in [-0.4, -0.2) is 15.0 Å². The molecule has 8 aromatic rings. The summed E-state index contributed by atoms with van der Waals surface area (Å²) >= 11 is 0. The Labute approximate surface area is 236 Å². The molecule has 5 aromatic carbocycles. The number of aromatic nitrogens is 3. The molecule has 3 heterocycles. The van der Waals surface area contributed by atoms with E-state index in [0.29, 0.717) is 11.5 Å². The van der Waals surface area contributed by atoms with Crippen molar-refractivity contribution >= 4 is 43.9 Å². The van der Waals surface area contributed by atoms with Gasteiger partial charge < -0.3 is 9.40 Å². The van der Waals surface area contributed by atoms with Gasteiger partial charge in [-0.25, -0.2) is 4.98 Å². The van der Waals surface area contributed by atoms with Gasteiger partial charge in [-0.1, -0.05) is 98.8 Å². The van der Waals surface area contributed by atoms with Gasteiger partial charge in [0.15, 0.2) is 5.82 Å². The summed E-state index contributed by atoms with van der Waals surface area (Å²) in [5.74, 6) is 0.667. The van der Waals surface area contributed by atoms with Crippen LogP contribution < -0.4 is 0 Å². The average Bonchev–Trinajstić information content (AvgIpc) is 3.65. The van der Waals surface area contributed by atoms with E-state index in [9.17, 15) is 0 Å². The molecule has 1 N–H and O–H groups in total. The first-order valence-electron chi connectivity index (χ1n) is 14.0. The maximum atomic E-state index is 6.67. The molecule has 0 saturated carbocycles. The minimum Gasteiger partial charge on any atom is -0.437 e. The van der Waals surface area contributed by atoms with Gasteiger partial charge in [-0.15, -0.1) is 0 Å². The van der Waals surface area contributed by atoms with E-state index < -0.39 is 0 Å². The highest BCUT2D eigenvalue weighted by atomic mass is 16.3. The number of para-hydroxylation sites is 1. The second kappa shape index (κ2) is 7.92. The van der Waals surface area contributed by atoms with Crippen LogP contribution in [0, 0.1) is 0 Å².